The van der Waals surface area contributed by atoms with Crippen LogP contribution >= 0.6 is 27.5 Å². The van der Waals surface area contributed by atoms with Crippen molar-refractivity contribution in [2.45, 2.75) is 11.6 Å². The van der Waals surface area contributed by atoms with Crippen molar-refractivity contribution in [3.05, 3.63) is 40.1 Å². The SMILES string of the molecule is F/C(=C(/c1cccc(Br)c1)C(F)(F)F)C(F)(F)Cl. The van der Waals surface area contributed by atoms with Gasteiger partial charge in [0.15, 0.2) is 5.83 Å². The molecule has 0 heterocycles. The molecule has 0 bridgehead atoms. The van der Waals surface area contributed by atoms with Gasteiger partial charge in [-0.15, -0.1) is 0 Å². The van der Waals surface area contributed by atoms with Crippen molar-refractivity contribution in [2.24, 2.45) is 0 Å². The van der Waals surface area contributed by atoms with Crippen molar-refractivity contribution in [1.82, 2.24) is 0 Å². The Morgan fingerprint density at radius 3 is 2.06 bits per heavy atom. The predicted octanol–water partition coefficient (Wildman–Crippen LogP) is 5.52. The number of hydrogen-bond acceptors (Lipinski definition) is 0. The van der Waals surface area contributed by atoms with Gasteiger partial charge in [0.05, 0.1) is 0 Å². The average molecular weight is 353 g/mol. The number of benzene rings is 1. The van der Waals surface area contributed by atoms with E-state index in [1.165, 1.54) is 6.07 Å². The van der Waals surface area contributed by atoms with Gasteiger partial charge in [0.1, 0.15) is 5.57 Å². The first-order valence-electron chi connectivity index (χ1n) is 4.33. The van der Waals surface area contributed by atoms with Gasteiger partial charge in [-0.1, -0.05) is 28.1 Å². The van der Waals surface area contributed by atoms with Crippen molar-refractivity contribution in [3.63, 3.8) is 0 Å². The van der Waals surface area contributed by atoms with Crippen LogP contribution in [0.1, 0.15) is 5.56 Å². The molecule has 0 unspecified atom stereocenters. The molecule has 0 radical (unpaired) electrons. The number of halogens is 8. The smallest absolute Gasteiger partial charge is 0.203 e. The Morgan fingerprint density at radius 2 is 1.67 bits per heavy atom. The van der Waals surface area contributed by atoms with Gasteiger partial charge in [-0.3, -0.25) is 0 Å². The summed E-state index contributed by atoms with van der Waals surface area (Å²) in [4.78, 5) is 0. The normalized spacial score (nSPS) is 14.4. The molecule has 0 saturated heterocycles. The van der Waals surface area contributed by atoms with Crippen LogP contribution in [0.25, 0.3) is 5.57 Å². The molecule has 0 spiro atoms. The molecule has 8 heteroatoms. The molecule has 0 N–H and O–H groups in total. The zero-order chi connectivity index (χ0) is 14.1. The zero-order valence-electron chi connectivity index (χ0n) is 8.33. The van der Waals surface area contributed by atoms with E-state index in [0.29, 0.717) is 0 Å². The summed E-state index contributed by atoms with van der Waals surface area (Å²) in [5, 5.41) is -4.72. The number of hydrogen-bond donors (Lipinski definition) is 0. The minimum atomic E-state index is -5.29. The van der Waals surface area contributed by atoms with Crippen molar-refractivity contribution in [2.75, 3.05) is 0 Å². The van der Waals surface area contributed by atoms with E-state index in [1.807, 2.05) is 0 Å². The molecule has 1 aromatic rings. The van der Waals surface area contributed by atoms with Crippen LogP contribution in [0.5, 0.6) is 0 Å². The van der Waals surface area contributed by atoms with Crippen molar-refractivity contribution < 1.29 is 26.3 Å². The standard InChI is InChI=1S/C10H4BrClF6/c11-6-3-1-2-5(4-6)7(10(16,17)18)8(13)9(12,14)15/h1-4H/b8-7-. The molecular formula is C10H4BrClF6. The fourth-order valence-electron chi connectivity index (χ4n) is 1.20. The maximum Gasteiger partial charge on any atom is 0.419 e. The highest BCUT2D eigenvalue weighted by Crippen LogP contribution is 2.43. The molecule has 0 aromatic heterocycles. The van der Waals surface area contributed by atoms with Gasteiger partial charge < -0.3 is 0 Å². The predicted molar refractivity (Wildman–Crippen MR) is 59.0 cm³/mol. The van der Waals surface area contributed by atoms with E-state index in [-0.39, 0.29) is 4.47 Å². The Balaban J connectivity index is 3.51. The van der Waals surface area contributed by atoms with Gasteiger partial charge in [-0.25, -0.2) is 4.39 Å². The summed E-state index contributed by atoms with van der Waals surface area (Å²) in [5.41, 5.74) is -2.83. The average Bonchev–Trinajstić information content (AvgIpc) is 2.13. The van der Waals surface area contributed by atoms with Crippen LogP contribution in [0.2, 0.25) is 0 Å². The summed E-state index contributed by atoms with van der Waals surface area (Å²) < 4.78 is 76.2. The fraction of sp³-hybridized carbons (Fsp3) is 0.200. The second-order valence-corrected chi connectivity index (χ2v) is 4.59. The van der Waals surface area contributed by atoms with E-state index in [0.717, 1.165) is 18.2 Å². The van der Waals surface area contributed by atoms with E-state index in [9.17, 15) is 26.3 Å². The first-order chi connectivity index (χ1) is 8.03. The molecule has 1 rings (SSSR count). The Bertz CT molecular complexity index is 474. The largest absolute Gasteiger partial charge is 0.419 e. The van der Waals surface area contributed by atoms with Gasteiger partial charge in [0.2, 0.25) is 0 Å². The highest BCUT2D eigenvalue weighted by atomic mass is 79.9. The number of rotatable bonds is 2. The second kappa shape index (κ2) is 5.13. The fourth-order valence-corrected chi connectivity index (χ4v) is 1.69. The van der Waals surface area contributed by atoms with Gasteiger partial charge >= 0.3 is 11.6 Å². The third-order valence-corrected chi connectivity index (χ3v) is 2.52. The maximum absolute atomic E-state index is 13.1. The lowest BCUT2D eigenvalue weighted by Crippen LogP contribution is -2.18. The molecule has 1 aromatic carbocycles. The topological polar surface area (TPSA) is 0 Å². The lowest BCUT2D eigenvalue weighted by Gasteiger charge is -2.16. The van der Waals surface area contributed by atoms with Crippen LogP contribution in [0.4, 0.5) is 26.3 Å². The number of alkyl halides is 6. The molecule has 0 saturated carbocycles. The molecule has 0 aliphatic carbocycles. The molecule has 0 atom stereocenters. The Kier molecular flexibility index (Phi) is 4.38. The molecule has 0 amide bonds. The molecule has 100 valence electrons. The van der Waals surface area contributed by atoms with Crippen LogP contribution in [0, 0.1) is 0 Å². The summed E-state index contributed by atoms with van der Waals surface area (Å²) in [5.74, 6) is -2.73. The van der Waals surface area contributed by atoms with Gasteiger partial charge in [-0.2, -0.15) is 22.0 Å². The molecule has 0 aliphatic heterocycles. The maximum atomic E-state index is 13.1. The minimum Gasteiger partial charge on any atom is -0.203 e. The summed E-state index contributed by atoms with van der Waals surface area (Å²) in [6.45, 7) is 0. The van der Waals surface area contributed by atoms with Gasteiger partial charge in [-0.05, 0) is 29.3 Å². The van der Waals surface area contributed by atoms with Crippen LogP contribution in [0.15, 0.2) is 34.6 Å². The summed E-state index contributed by atoms with van der Waals surface area (Å²) in [6, 6.07) is 4.25. The molecule has 0 nitrogen and oxygen atoms in total. The van der Waals surface area contributed by atoms with E-state index >= 15 is 0 Å². The van der Waals surface area contributed by atoms with Crippen molar-refractivity contribution >= 4 is 33.1 Å². The number of allylic oxidation sites excluding steroid dienone is 2. The van der Waals surface area contributed by atoms with Crippen LogP contribution < -0.4 is 0 Å². The van der Waals surface area contributed by atoms with Crippen LogP contribution in [-0.4, -0.2) is 11.6 Å². The third-order valence-electron chi connectivity index (χ3n) is 1.87. The summed E-state index contributed by atoms with van der Waals surface area (Å²) in [6.07, 6.45) is -5.29. The molecule has 0 aliphatic rings. The minimum absolute atomic E-state index is 0.187. The molecule has 18 heavy (non-hydrogen) atoms. The first-order valence-corrected chi connectivity index (χ1v) is 5.50. The lowest BCUT2D eigenvalue weighted by atomic mass is 10.0. The van der Waals surface area contributed by atoms with Crippen LogP contribution in [-0.2, 0) is 0 Å². The van der Waals surface area contributed by atoms with E-state index in [1.54, 1.807) is 0 Å². The Hall–Kier alpha value is -0.690. The van der Waals surface area contributed by atoms with Crippen molar-refractivity contribution in [1.29, 1.82) is 0 Å². The van der Waals surface area contributed by atoms with E-state index < -0.39 is 28.5 Å². The summed E-state index contributed by atoms with van der Waals surface area (Å²) >= 11 is 7.16. The van der Waals surface area contributed by atoms with E-state index in [2.05, 4.69) is 27.5 Å². The quantitative estimate of drug-likeness (QED) is 0.485. The molecule has 0 fully saturated rings. The summed E-state index contributed by atoms with van der Waals surface area (Å²) in [7, 11) is 0. The monoisotopic (exact) mass is 352 g/mol. The molecular weight excluding hydrogens is 349 g/mol. The van der Waals surface area contributed by atoms with E-state index in [4.69, 9.17) is 0 Å². The highest BCUT2D eigenvalue weighted by Gasteiger charge is 2.45. The van der Waals surface area contributed by atoms with Gasteiger partial charge in [0, 0.05) is 4.47 Å². The Labute approximate surface area is 111 Å². The van der Waals surface area contributed by atoms with Crippen LogP contribution in [0.3, 0.4) is 0 Å². The highest BCUT2D eigenvalue weighted by molar-refractivity contribution is 9.10. The second-order valence-electron chi connectivity index (χ2n) is 3.19. The Morgan fingerprint density at radius 1 is 1.11 bits per heavy atom. The third kappa shape index (κ3) is 3.65. The lowest BCUT2D eigenvalue weighted by molar-refractivity contribution is -0.0720. The first kappa shape index (κ1) is 15.4. The van der Waals surface area contributed by atoms with Crippen molar-refractivity contribution in [3.8, 4) is 0 Å². The van der Waals surface area contributed by atoms with Gasteiger partial charge in [0.25, 0.3) is 0 Å². The zero-order valence-corrected chi connectivity index (χ0v) is 10.7.